The predicted octanol–water partition coefficient (Wildman–Crippen LogP) is 4.92. The van der Waals surface area contributed by atoms with E-state index in [4.69, 9.17) is 4.74 Å². The Morgan fingerprint density at radius 2 is 1.63 bits per heavy atom. The summed E-state index contributed by atoms with van der Waals surface area (Å²) in [6.07, 6.45) is 0. The van der Waals surface area contributed by atoms with Gasteiger partial charge in [0.2, 0.25) is 0 Å². The standard InChI is InChI=1S/C24H18N2O4/c1-30-17-12-11-16-13-19(24(28)29)23(26-21(16)14-17)25-20-10-6-5-9-18(20)22(27)15-7-3-2-4-8-15/h2-14H,1H3,(H,25,26)(H,28,29). The number of anilines is 2. The molecule has 1 heterocycles. The van der Waals surface area contributed by atoms with Crippen LogP contribution in [0.3, 0.4) is 0 Å². The zero-order valence-electron chi connectivity index (χ0n) is 16.1. The van der Waals surface area contributed by atoms with Gasteiger partial charge in [-0.05, 0) is 30.3 Å². The number of nitrogens with one attached hydrogen (secondary N) is 1. The van der Waals surface area contributed by atoms with E-state index in [9.17, 15) is 14.7 Å². The van der Waals surface area contributed by atoms with Crippen LogP contribution < -0.4 is 10.1 Å². The minimum absolute atomic E-state index is 0.00892. The van der Waals surface area contributed by atoms with E-state index in [0.29, 0.717) is 33.5 Å². The minimum Gasteiger partial charge on any atom is -0.497 e. The van der Waals surface area contributed by atoms with Crippen molar-refractivity contribution in [3.8, 4) is 5.75 Å². The lowest BCUT2D eigenvalue weighted by atomic mass is 10.0. The number of methoxy groups -OCH3 is 1. The number of benzene rings is 3. The molecule has 6 heteroatoms. The Morgan fingerprint density at radius 1 is 0.900 bits per heavy atom. The van der Waals surface area contributed by atoms with Crippen LogP contribution in [-0.2, 0) is 0 Å². The van der Waals surface area contributed by atoms with Crippen LogP contribution >= 0.6 is 0 Å². The van der Waals surface area contributed by atoms with E-state index in [1.54, 1.807) is 79.9 Å². The van der Waals surface area contributed by atoms with Crippen LogP contribution in [0.15, 0.2) is 78.9 Å². The predicted molar refractivity (Wildman–Crippen MR) is 115 cm³/mol. The largest absolute Gasteiger partial charge is 0.497 e. The van der Waals surface area contributed by atoms with Crippen molar-refractivity contribution in [3.63, 3.8) is 0 Å². The molecule has 148 valence electrons. The van der Waals surface area contributed by atoms with Crippen molar-refractivity contribution < 1.29 is 19.4 Å². The number of pyridine rings is 1. The highest BCUT2D eigenvalue weighted by molar-refractivity contribution is 6.13. The van der Waals surface area contributed by atoms with Crippen molar-refractivity contribution in [3.05, 3.63) is 95.6 Å². The van der Waals surface area contributed by atoms with Crippen LogP contribution in [-0.4, -0.2) is 29.0 Å². The second-order valence-electron chi connectivity index (χ2n) is 6.61. The monoisotopic (exact) mass is 398 g/mol. The molecule has 0 aliphatic rings. The second kappa shape index (κ2) is 8.05. The van der Waals surface area contributed by atoms with Crippen LogP contribution in [0, 0.1) is 0 Å². The third-order valence-corrected chi connectivity index (χ3v) is 4.72. The Kier molecular flexibility index (Phi) is 5.13. The summed E-state index contributed by atoms with van der Waals surface area (Å²) in [4.78, 5) is 29.3. The number of aromatic nitrogens is 1. The average molecular weight is 398 g/mol. The molecule has 0 unspecified atom stereocenters. The Balaban J connectivity index is 1.80. The summed E-state index contributed by atoms with van der Waals surface area (Å²) < 4.78 is 5.24. The smallest absolute Gasteiger partial charge is 0.339 e. The SMILES string of the molecule is COc1ccc2cc(C(=O)O)c(Nc3ccccc3C(=O)c3ccccc3)nc2c1. The van der Waals surface area contributed by atoms with Crippen molar-refractivity contribution in [1.29, 1.82) is 0 Å². The number of hydrogen-bond donors (Lipinski definition) is 2. The lowest BCUT2D eigenvalue weighted by molar-refractivity contribution is 0.0697. The average Bonchev–Trinajstić information content (AvgIpc) is 2.78. The molecule has 0 radical (unpaired) electrons. The lowest BCUT2D eigenvalue weighted by Gasteiger charge is -2.14. The molecule has 1 aromatic heterocycles. The van der Waals surface area contributed by atoms with Gasteiger partial charge in [0.1, 0.15) is 17.1 Å². The number of ketones is 1. The van der Waals surface area contributed by atoms with Crippen LogP contribution in [0.25, 0.3) is 10.9 Å². The first-order chi connectivity index (χ1) is 14.6. The maximum atomic E-state index is 13.0. The molecule has 6 nitrogen and oxygen atoms in total. The fraction of sp³-hybridized carbons (Fsp3) is 0.0417. The van der Waals surface area contributed by atoms with Crippen LogP contribution in [0.5, 0.6) is 5.75 Å². The lowest BCUT2D eigenvalue weighted by Crippen LogP contribution is -2.09. The number of carbonyl (C=O) groups excluding carboxylic acids is 1. The van der Waals surface area contributed by atoms with E-state index in [1.807, 2.05) is 6.07 Å². The quantitative estimate of drug-likeness (QED) is 0.448. The summed E-state index contributed by atoms with van der Waals surface area (Å²) in [6, 6.07) is 22.6. The topological polar surface area (TPSA) is 88.5 Å². The van der Waals surface area contributed by atoms with E-state index in [-0.39, 0.29) is 17.2 Å². The molecule has 2 N–H and O–H groups in total. The zero-order valence-corrected chi connectivity index (χ0v) is 16.1. The van der Waals surface area contributed by atoms with Crippen LogP contribution in [0.1, 0.15) is 26.3 Å². The summed E-state index contributed by atoms with van der Waals surface area (Å²) in [5.74, 6) is -0.520. The number of para-hydroxylation sites is 1. The Hall–Kier alpha value is -4.19. The molecule has 0 aliphatic heterocycles. The van der Waals surface area contributed by atoms with Gasteiger partial charge in [-0.25, -0.2) is 9.78 Å². The molecule has 0 atom stereocenters. The fourth-order valence-corrected chi connectivity index (χ4v) is 3.19. The number of carboxylic acids is 1. The number of rotatable bonds is 6. The molecule has 0 amide bonds. The normalized spacial score (nSPS) is 10.6. The molecular weight excluding hydrogens is 380 g/mol. The van der Waals surface area contributed by atoms with Crippen molar-refractivity contribution in [2.75, 3.05) is 12.4 Å². The summed E-state index contributed by atoms with van der Waals surface area (Å²) in [7, 11) is 1.55. The first-order valence-corrected chi connectivity index (χ1v) is 9.24. The third-order valence-electron chi connectivity index (χ3n) is 4.72. The Bertz CT molecular complexity index is 1250. The number of aromatic carboxylic acids is 1. The number of nitrogens with zero attached hydrogens (tertiary/aromatic N) is 1. The summed E-state index contributed by atoms with van der Waals surface area (Å²) >= 11 is 0. The first-order valence-electron chi connectivity index (χ1n) is 9.24. The van der Waals surface area contributed by atoms with Gasteiger partial charge in [-0.1, -0.05) is 42.5 Å². The molecule has 0 saturated carbocycles. The number of carboxylic acid groups (broad SMARTS) is 1. The minimum atomic E-state index is -1.12. The highest BCUT2D eigenvalue weighted by atomic mass is 16.5. The molecule has 3 aromatic carbocycles. The van der Waals surface area contributed by atoms with Crippen molar-refractivity contribution in [1.82, 2.24) is 4.98 Å². The summed E-state index contributed by atoms with van der Waals surface area (Å²) in [5, 5.41) is 13.4. The van der Waals surface area contributed by atoms with Crippen molar-refractivity contribution >= 4 is 34.2 Å². The fourth-order valence-electron chi connectivity index (χ4n) is 3.19. The van der Waals surface area contributed by atoms with E-state index in [0.717, 1.165) is 0 Å². The maximum absolute atomic E-state index is 13.0. The zero-order chi connectivity index (χ0) is 21.1. The van der Waals surface area contributed by atoms with Crippen molar-refractivity contribution in [2.45, 2.75) is 0 Å². The van der Waals surface area contributed by atoms with Crippen molar-refractivity contribution in [2.24, 2.45) is 0 Å². The molecule has 4 aromatic rings. The Labute approximate surface area is 172 Å². The molecule has 30 heavy (non-hydrogen) atoms. The second-order valence-corrected chi connectivity index (χ2v) is 6.61. The van der Waals surface area contributed by atoms with Gasteiger partial charge in [-0.2, -0.15) is 0 Å². The van der Waals surface area contributed by atoms with Gasteiger partial charge in [0, 0.05) is 22.6 Å². The highest BCUT2D eigenvalue weighted by Crippen LogP contribution is 2.28. The molecule has 0 fully saturated rings. The summed E-state index contributed by atoms with van der Waals surface area (Å²) in [6.45, 7) is 0. The molecule has 4 rings (SSSR count). The van der Waals surface area contributed by atoms with E-state index in [2.05, 4.69) is 10.3 Å². The molecule has 0 saturated heterocycles. The molecule has 0 aliphatic carbocycles. The number of fused-ring (bicyclic) bond motifs is 1. The van der Waals surface area contributed by atoms with Gasteiger partial charge in [0.15, 0.2) is 5.78 Å². The summed E-state index contributed by atoms with van der Waals surface area (Å²) in [5.41, 5.74) is 2.03. The molecular formula is C24H18N2O4. The van der Waals surface area contributed by atoms with Gasteiger partial charge in [-0.15, -0.1) is 0 Å². The first kappa shape index (κ1) is 19.1. The van der Waals surface area contributed by atoms with E-state index < -0.39 is 5.97 Å². The highest BCUT2D eigenvalue weighted by Gasteiger charge is 2.18. The number of ether oxygens (including phenoxy) is 1. The van der Waals surface area contributed by atoms with E-state index >= 15 is 0 Å². The maximum Gasteiger partial charge on any atom is 0.339 e. The van der Waals surface area contributed by atoms with Gasteiger partial charge >= 0.3 is 5.97 Å². The van der Waals surface area contributed by atoms with Gasteiger partial charge in [-0.3, -0.25) is 4.79 Å². The molecule has 0 spiro atoms. The Morgan fingerprint density at radius 3 is 2.37 bits per heavy atom. The van der Waals surface area contributed by atoms with Gasteiger partial charge in [0.25, 0.3) is 0 Å². The number of carbonyl (C=O) groups is 2. The van der Waals surface area contributed by atoms with Crippen LogP contribution in [0.4, 0.5) is 11.5 Å². The number of hydrogen-bond acceptors (Lipinski definition) is 5. The molecule has 0 bridgehead atoms. The van der Waals surface area contributed by atoms with Crippen LogP contribution in [0.2, 0.25) is 0 Å². The van der Waals surface area contributed by atoms with Gasteiger partial charge < -0.3 is 15.2 Å². The van der Waals surface area contributed by atoms with Gasteiger partial charge in [0.05, 0.1) is 18.3 Å². The third kappa shape index (κ3) is 3.71. The van der Waals surface area contributed by atoms with E-state index in [1.165, 1.54) is 0 Å².